The Morgan fingerprint density at radius 1 is 1.33 bits per heavy atom. The van der Waals surface area contributed by atoms with Crippen LogP contribution >= 0.6 is 11.6 Å². The lowest BCUT2D eigenvalue weighted by molar-refractivity contribution is 0.277. The van der Waals surface area contributed by atoms with E-state index in [9.17, 15) is 0 Å². The van der Waals surface area contributed by atoms with E-state index in [1.54, 1.807) is 12.1 Å². The number of benzene rings is 1. The van der Waals surface area contributed by atoms with Crippen LogP contribution in [0, 0.1) is 0 Å². The van der Waals surface area contributed by atoms with Crippen molar-refractivity contribution in [2.45, 2.75) is 6.61 Å². The fourth-order valence-corrected chi connectivity index (χ4v) is 1.46. The maximum absolute atomic E-state index is 8.95. The number of nitrogen functional groups attached to an aromatic ring is 1. The maximum atomic E-state index is 8.95. The van der Waals surface area contributed by atoms with E-state index >= 15 is 0 Å². The molecule has 0 aliphatic heterocycles. The summed E-state index contributed by atoms with van der Waals surface area (Å²) in [7, 11) is 0. The molecule has 0 bridgehead atoms. The van der Waals surface area contributed by atoms with Crippen LogP contribution in [0.3, 0.4) is 0 Å². The lowest BCUT2D eigenvalue weighted by atomic mass is 10.2. The van der Waals surface area contributed by atoms with Gasteiger partial charge in [-0.05, 0) is 24.3 Å². The summed E-state index contributed by atoms with van der Waals surface area (Å²) < 4.78 is 0. The predicted octanol–water partition coefficient (Wildman–Crippen LogP) is 1.80. The summed E-state index contributed by atoms with van der Waals surface area (Å²) in [4.78, 5) is 7.02. The number of nitrogens with zero attached hydrogens (tertiary/aromatic N) is 1. The Bertz CT molecular complexity index is 464. The molecule has 0 amide bonds. The van der Waals surface area contributed by atoms with Crippen molar-refractivity contribution in [3.05, 3.63) is 35.1 Å². The van der Waals surface area contributed by atoms with Gasteiger partial charge in [0.2, 0.25) is 0 Å². The number of aliphatic hydroxyl groups is 1. The van der Waals surface area contributed by atoms with Crippen molar-refractivity contribution in [3.8, 4) is 11.4 Å². The van der Waals surface area contributed by atoms with Crippen molar-refractivity contribution < 1.29 is 5.11 Å². The lowest BCUT2D eigenvalue weighted by Gasteiger charge is -1.96. The number of aliphatic hydroxyl groups excluding tert-OH is 1. The van der Waals surface area contributed by atoms with E-state index < -0.39 is 0 Å². The molecule has 0 spiro atoms. The molecule has 0 atom stereocenters. The summed E-state index contributed by atoms with van der Waals surface area (Å²) in [6.07, 6.45) is 0. The molecule has 1 heterocycles. The van der Waals surface area contributed by atoms with Gasteiger partial charge in [-0.3, -0.25) is 0 Å². The molecule has 15 heavy (non-hydrogen) atoms. The molecular formula is C10H10ClN3O. The number of halogens is 1. The number of H-pyrrole nitrogens is 1. The molecular weight excluding hydrogens is 214 g/mol. The van der Waals surface area contributed by atoms with E-state index in [0.29, 0.717) is 22.4 Å². The number of nitrogens with two attached hydrogens (primary N) is 1. The zero-order valence-corrected chi connectivity index (χ0v) is 8.62. The first-order valence-corrected chi connectivity index (χ1v) is 4.79. The number of hydrogen-bond donors (Lipinski definition) is 3. The van der Waals surface area contributed by atoms with Crippen molar-refractivity contribution >= 4 is 17.3 Å². The highest BCUT2D eigenvalue weighted by molar-refractivity contribution is 6.30. The monoisotopic (exact) mass is 223 g/mol. The lowest BCUT2D eigenvalue weighted by Crippen LogP contribution is -1.86. The molecule has 4 nitrogen and oxygen atoms in total. The van der Waals surface area contributed by atoms with Gasteiger partial charge in [0.1, 0.15) is 5.82 Å². The SMILES string of the molecule is Nc1ccc(-c2nc(Cl)c(CO)[nH]2)cc1. The average molecular weight is 224 g/mol. The molecule has 0 aliphatic carbocycles. The second kappa shape index (κ2) is 3.92. The molecule has 78 valence electrons. The number of rotatable bonds is 2. The standard InChI is InChI=1S/C10H10ClN3O/c11-9-8(5-15)13-10(14-9)6-1-3-7(12)4-2-6/h1-4,15H,5,12H2,(H,13,14). The van der Waals surface area contributed by atoms with Gasteiger partial charge < -0.3 is 15.8 Å². The van der Waals surface area contributed by atoms with Crippen LogP contribution < -0.4 is 5.73 Å². The molecule has 0 unspecified atom stereocenters. The molecule has 5 heteroatoms. The number of imidazole rings is 1. The highest BCUT2D eigenvalue weighted by Crippen LogP contribution is 2.21. The highest BCUT2D eigenvalue weighted by Gasteiger charge is 2.08. The highest BCUT2D eigenvalue weighted by atomic mass is 35.5. The molecule has 1 aromatic heterocycles. The second-order valence-corrected chi connectivity index (χ2v) is 3.49. The van der Waals surface area contributed by atoms with Crippen molar-refractivity contribution in [1.29, 1.82) is 0 Å². The quantitative estimate of drug-likeness (QED) is 0.680. The zero-order valence-electron chi connectivity index (χ0n) is 7.87. The maximum Gasteiger partial charge on any atom is 0.153 e. The van der Waals surface area contributed by atoms with E-state index in [1.807, 2.05) is 12.1 Å². The molecule has 0 aliphatic rings. The molecule has 2 aromatic rings. The van der Waals surface area contributed by atoms with E-state index in [1.165, 1.54) is 0 Å². The van der Waals surface area contributed by atoms with Gasteiger partial charge in [0, 0.05) is 11.3 Å². The van der Waals surface area contributed by atoms with Crippen molar-refractivity contribution in [2.24, 2.45) is 0 Å². The fraction of sp³-hybridized carbons (Fsp3) is 0.100. The van der Waals surface area contributed by atoms with Gasteiger partial charge in [-0.25, -0.2) is 4.98 Å². The minimum atomic E-state index is -0.152. The third kappa shape index (κ3) is 1.95. The van der Waals surface area contributed by atoms with Gasteiger partial charge in [-0.2, -0.15) is 0 Å². The molecule has 0 saturated heterocycles. The summed E-state index contributed by atoms with van der Waals surface area (Å²) in [6.45, 7) is -0.152. The van der Waals surface area contributed by atoms with Crippen molar-refractivity contribution in [3.63, 3.8) is 0 Å². The second-order valence-electron chi connectivity index (χ2n) is 3.13. The number of aromatic nitrogens is 2. The summed E-state index contributed by atoms with van der Waals surface area (Å²) in [5, 5.41) is 9.24. The van der Waals surface area contributed by atoms with Crippen molar-refractivity contribution in [2.75, 3.05) is 5.73 Å². The summed E-state index contributed by atoms with van der Waals surface area (Å²) >= 11 is 5.80. The van der Waals surface area contributed by atoms with Crippen LogP contribution in [0.4, 0.5) is 5.69 Å². The van der Waals surface area contributed by atoms with Gasteiger partial charge >= 0.3 is 0 Å². The Morgan fingerprint density at radius 2 is 2.00 bits per heavy atom. The molecule has 0 saturated carbocycles. The number of hydrogen-bond acceptors (Lipinski definition) is 3. The van der Waals surface area contributed by atoms with Gasteiger partial charge in [-0.15, -0.1) is 0 Å². The van der Waals surface area contributed by atoms with Crippen molar-refractivity contribution in [1.82, 2.24) is 9.97 Å². The topological polar surface area (TPSA) is 74.9 Å². The van der Waals surface area contributed by atoms with Crippen LogP contribution in [0.15, 0.2) is 24.3 Å². The van der Waals surface area contributed by atoms with Crippen LogP contribution in [0.1, 0.15) is 5.69 Å². The Morgan fingerprint density at radius 3 is 2.53 bits per heavy atom. The van der Waals surface area contributed by atoms with E-state index in [4.69, 9.17) is 22.4 Å². The third-order valence-corrected chi connectivity index (χ3v) is 2.38. The first-order chi connectivity index (χ1) is 7.20. The Balaban J connectivity index is 2.41. The number of nitrogens with one attached hydrogen (secondary N) is 1. The predicted molar refractivity (Wildman–Crippen MR) is 59.4 cm³/mol. The van der Waals surface area contributed by atoms with Crippen LogP contribution in [0.5, 0.6) is 0 Å². The van der Waals surface area contributed by atoms with E-state index in [2.05, 4.69) is 9.97 Å². The average Bonchev–Trinajstić information content (AvgIpc) is 2.61. The molecule has 4 N–H and O–H groups in total. The number of aromatic amines is 1. The molecule has 0 fully saturated rings. The van der Waals surface area contributed by atoms with Gasteiger partial charge in [-0.1, -0.05) is 11.6 Å². The normalized spacial score (nSPS) is 10.5. The Kier molecular flexibility index (Phi) is 2.62. The van der Waals surface area contributed by atoms with E-state index in [-0.39, 0.29) is 6.61 Å². The van der Waals surface area contributed by atoms with Crippen LogP contribution in [0.25, 0.3) is 11.4 Å². The molecule has 1 aromatic carbocycles. The third-order valence-electron chi connectivity index (χ3n) is 2.07. The first kappa shape index (κ1) is 10.0. The number of anilines is 1. The largest absolute Gasteiger partial charge is 0.399 e. The fourth-order valence-electron chi connectivity index (χ4n) is 1.27. The van der Waals surface area contributed by atoms with Crippen LogP contribution in [0.2, 0.25) is 5.15 Å². The minimum absolute atomic E-state index is 0.152. The molecule has 2 rings (SSSR count). The minimum Gasteiger partial charge on any atom is -0.399 e. The van der Waals surface area contributed by atoms with Gasteiger partial charge in [0.25, 0.3) is 0 Å². The zero-order chi connectivity index (χ0) is 10.8. The Labute approximate surface area is 91.7 Å². The smallest absolute Gasteiger partial charge is 0.153 e. The van der Waals surface area contributed by atoms with E-state index in [0.717, 1.165) is 5.56 Å². The van der Waals surface area contributed by atoms with Crippen LogP contribution in [-0.2, 0) is 6.61 Å². The molecule has 0 radical (unpaired) electrons. The first-order valence-electron chi connectivity index (χ1n) is 4.42. The summed E-state index contributed by atoms with van der Waals surface area (Å²) in [6, 6.07) is 7.24. The summed E-state index contributed by atoms with van der Waals surface area (Å²) in [5.74, 6) is 0.629. The van der Waals surface area contributed by atoms with Gasteiger partial charge in [0.05, 0.1) is 12.3 Å². The summed E-state index contributed by atoms with van der Waals surface area (Å²) in [5.41, 5.74) is 7.66. The Hall–Kier alpha value is -1.52. The van der Waals surface area contributed by atoms with Crippen LogP contribution in [-0.4, -0.2) is 15.1 Å². The van der Waals surface area contributed by atoms with Gasteiger partial charge in [0.15, 0.2) is 5.15 Å².